The van der Waals surface area contributed by atoms with Crippen LogP contribution in [-0.2, 0) is 23.9 Å². The van der Waals surface area contributed by atoms with Crippen LogP contribution in [0.1, 0.15) is 113 Å². The second-order valence-electron chi connectivity index (χ2n) is 16.1. The molecule has 0 bridgehead atoms. The predicted molar refractivity (Wildman–Crippen MR) is 209 cm³/mol. The summed E-state index contributed by atoms with van der Waals surface area (Å²) in [5, 5.41) is 6.46. The predicted octanol–water partition coefficient (Wildman–Crippen LogP) is 6.55. The van der Waals surface area contributed by atoms with Gasteiger partial charge in [0.25, 0.3) is 0 Å². The fourth-order valence-electron chi connectivity index (χ4n) is 8.48. The van der Waals surface area contributed by atoms with Gasteiger partial charge >= 0.3 is 0 Å². The molecule has 1 unspecified atom stereocenters. The molecule has 0 radical (unpaired) electrons. The van der Waals surface area contributed by atoms with Crippen molar-refractivity contribution in [3.8, 4) is 0 Å². The van der Waals surface area contributed by atoms with Crippen molar-refractivity contribution in [2.75, 3.05) is 34.9 Å². The van der Waals surface area contributed by atoms with Crippen LogP contribution >= 0.6 is 0 Å². The summed E-state index contributed by atoms with van der Waals surface area (Å²) in [5.41, 5.74) is 1.18. The van der Waals surface area contributed by atoms with Crippen LogP contribution in [0.25, 0.3) is 0 Å². The molecule has 0 aliphatic carbocycles. The van der Waals surface area contributed by atoms with Crippen molar-refractivity contribution in [1.82, 2.24) is 20.4 Å². The number of carbonyl (C=O) groups excluding carboxylic acids is 3. The van der Waals surface area contributed by atoms with E-state index in [0.29, 0.717) is 18.9 Å². The van der Waals surface area contributed by atoms with E-state index in [1.54, 1.807) is 14.2 Å². The second kappa shape index (κ2) is 21.4. The zero-order chi connectivity index (χ0) is 38.6. The first kappa shape index (κ1) is 44.8. The summed E-state index contributed by atoms with van der Waals surface area (Å²) in [4.78, 5) is 45.6. The van der Waals surface area contributed by atoms with Gasteiger partial charge in [0.05, 0.1) is 36.6 Å². The van der Waals surface area contributed by atoms with Gasteiger partial charge in [-0.25, -0.2) is 0 Å². The highest BCUT2D eigenvalue weighted by Crippen LogP contribution is 2.32. The van der Waals surface area contributed by atoms with Crippen molar-refractivity contribution >= 4 is 17.6 Å². The Morgan fingerprint density at radius 2 is 1.55 bits per heavy atom. The van der Waals surface area contributed by atoms with Crippen LogP contribution < -0.4 is 10.6 Å². The van der Waals surface area contributed by atoms with Crippen LogP contribution in [0.2, 0.25) is 0 Å². The third kappa shape index (κ3) is 11.8. The van der Waals surface area contributed by atoms with Gasteiger partial charge < -0.3 is 25.0 Å². The molecule has 0 saturated carbocycles. The number of hydrogen-bond donors (Lipinski definition) is 2. The molecule has 2 rings (SSSR count). The molecule has 1 heterocycles. The number of amides is 2. The molecule has 11 atom stereocenters. The van der Waals surface area contributed by atoms with Gasteiger partial charge in [0.1, 0.15) is 5.78 Å². The maximum absolute atomic E-state index is 14.2. The molecule has 1 fully saturated rings. The van der Waals surface area contributed by atoms with E-state index in [0.717, 1.165) is 19.3 Å². The van der Waals surface area contributed by atoms with E-state index in [1.165, 1.54) is 5.56 Å². The van der Waals surface area contributed by atoms with Gasteiger partial charge in [0.2, 0.25) is 11.8 Å². The Balaban J connectivity index is 2.24. The molecule has 2 amide bonds. The zero-order valence-electron chi connectivity index (χ0n) is 34.6. The minimum atomic E-state index is -0.439. The number of rotatable bonds is 22. The number of methoxy groups -OCH3 is 2. The van der Waals surface area contributed by atoms with Crippen LogP contribution in [0.15, 0.2) is 30.3 Å². The van der Waals surface area contributed by atoms with Crippen LogP contribution in [0, 0.1) is 29.6 Å². The van der Waals surface area contributed by atoms with Gasteiger partial charge in [-0.15, -0.1) is 0 Å². The molecule has 1 aromatic rings. The molecule has 1 aliphatic heterocycles. The lowest BCUT2D eigenvalue weighted by Gasteiger charge is -2.44. The molecule has 1 saturated heterocycles. The minimum absolute atomic E-state index is 0.0300. The Morgan fingerprint density at radius 1 is 0.922 bits per heavy atom. The number of nitrogens with one attached hydrogen (secondary N) is 2. The molecule has 0 aromatic heterocycles. The molecule has 51 heavy (non-hydrogen) atoms. The van der Waals surface area contributed by atoms with Gasteiger partial charge in [-0.05, 0) is 70.0 Å². The van der Waals surface area contributed by atoms with Crippen molar-refractivity contribution < 1.29 is 23.9 Å². The first-order chi connectivity index (χ1) is 24.0. The highest BCUT2D eigenvalue weighted by molar-refractivity contribution is 5.84. The van der Waals surface area contributed by atoms with Crippen LogP contribution in [0.4, 0.5) is 0 Å². The smallest absolute Gasteiger partial charge is 0.225 e. The molecule has 9 heteroatoms. The lowest BCUT2D eigenvalue weighted by Crippen LogP contribution is -2.55. The molecule has 1 aliphatic rings. The van der Waals surface area contributed by atoms with E-state index in [-0.39, 0.29) is 84.0 Å². The topological polar surface area (TPSA) is 100 Å². The fraction of sp³-hybridized carbons (Fsp3) is 0.786. The highest BCUT2D eigenvalue weighted by atomic mass is 16.5. The Kier molecular flexibility index (Phi) is 18.8. The Morgan fingerprint density at radius 3 is 2.06 bits per heavy atom. The molecule has 2 N–H and O–H groups in total. The van der Waals surface area contributed by atoms with Gasteiger partial charge in [0, 0.05) is 51.2 Å². The quantitative estimate of drug-likeness (QED) is 0.141. The summed E-state index contributed by atoms with van der Waals surface area (Å²) >= 11 is 0. The van der Waals surface area contributed by atoms with Crippen molar-refractivity contribution in [3.05, 3.63) is 35.9 Å². The van der Waals surface area contributed by atoms with Crippen molar-refractivity contribution in [2.24, 2.45) is 29.6 Å². The lowest BCUT2D eigenvalue weighted by molar-refractivity contribution is -0.143. The van der Waals surface area contributed by atoms with E-state index < -0.39 is 12.0 Å². The summed E-state index contributed by atoms with van der Waals surface area (Å²) in [7, 11) is 7.35. The number of nitrogens with zero attached hydrogens (tertiary/aromatic N) is 2. The maximum Gasteiger partial charge on any atom is 0.225 e. The molecular formula is C42H74N4O5. The maximum atomic E-state index is 14.2. The number of likely N-dealkylation sites (tertiary alicyclic amines) is 1. The lowest BCUT2D eigenvalue weighted by atomic mass is 9.80. The van der Waals surface area contributed by atoms with E-state index in [4.69, 9.17) is 9.47 Å². The number of hydrogen-bond acceptors (Lipinski definition) is 7. The zero-order valence-corrected chi connectivity index (χ0v) is 34.6. The minimum Gasteiger partial charge on any atom is -0.379 e. The number of Topliss-reactive ketones (excluding diaryl/α,β-unsaturated/α-hetero) is 1. The van der Waals surface area contributed by atoms with E-state index >= 15 is 0 Å². The summed E-state index contributed by atoms with van der Waals surface area (Å²) in [5.74, 6) is 0.854. The van der Waals surface area contributed by atoms with Gasteiger partial charge in [-0.1, -0.05) is 92.1 Å². The van der Waals surface area contributed by atoms with Gasteiger partial charge in [-0.2, -0.15) is 0 Å². The number of likely N-dealkylation sites (N-methyl/N-ethyl adjacent to an activating group) is 2. The van der Waals surface area contributed by atoms with E-state index in [1.807, 2.05) is 44.0 Å². The van der Waals surface area contributed by atoms with Crippen LogP contribution in [0.3, 0.4) is 0 Å². The molecule has 0 spiro atoms. The fourth-order valence-corrected chi connectivity index (χ4v) is 8.48. The molecule has 9 nitrogen and oxygen atoms in total. The van der Waals surface area contributed by atoms with Crippen molar-refractivity contribution in [2.45, 2.75) is 150 Å². The summed E-state index contributed by atoms with van der Waals surface area (Å²) in [6, 6.07) is 9.85. The Hall–Kier alpha value is -2.33. The largest absolute Gasteiger partial charge is 0.379 e. The second-order valence-corrected chi connectivity index (χ2v) is 16.1. The normalized spacial score (nSPS) is 21.1. The number of benzene rings is 1. The van der Waals surface area contributed by atoms with Crippen molar-refractivity contribution in [3.63, 3.8) is 0 Å². The third-order valence-corrected chi connectivity index (χ3v) is 12.3. The molecular weight excluding hydrogens is 640 g/mol. The van der Waals surface area contributed by atoms with E-state index in [9.17, 15) is 14.4 Å². The average molecular weight is 715 g/mol. The Bertz CT molecular complexity index is 1190. The molecule has 1 aromatic carbocycles. The SMILES string of the molecule is CC[C@H](C)[C@@H]([C@@H](CC(=O)N1CCC[C@H]1[C@H](OC)[C@@H](C)C(=O)N[C@H](C)[C@@H](C)c1ccccc1)OC)N(C)C(C)[C@@H](CC(=O)[C@@H](NC)C(C)C)C(C)C. The van der Waals surface area contributed by atoms with Gasteiger partial charge in [-0.3, -0.25) is 19.3 Å². The van der Waals surface area contributed by atoms with Crippen molar-refractivity contribution in [1.29, 1.82) is 0 Å². The summed E-state index contributed by atoms with van der Waals surface area (Å²) < 4.78 is 12.2. The van der Waals surface area contributed by atoms with Crippen LogP contribution in [-0.4, -0.2) is 105 Å². The summed E-state index contributed by atoms with van der Waals surface area (Å²) in [6.45, 7) is 21.9. The third-order valence-electron chi connectivity index (χ3n) is 12.3. The van der Waals surface area contributed by atoms with Gasteiger partial charge in [0.15, 0.2) is 0 Å². The standard InChI is InChI=1S/C42H74N4O5/c1-15-28(6)40(45(12)32(10)34(26(2)3)24-36(47)39(43-11)27(4)5)37(50-13)25-38(48)46-23-19-22-35(46)41(51-14)30(8)42(49)44-31(9)29(7)33-20-17-16-18-21-33/h16-18,20-21,26-32,34-35,37,39-41,43H,15,19,22-25H2,1-14H3,(H,44,49)/t28-,29+,30+,31+,32?,34-,35-,37+,39-,40-,41+/m0/s1. The monoisotopic (exact) mass is 715 g/mol. The Labute approximate surface area is 311 Å². The average Bonchev–Trinajstić information content (AvgIpc) is 3.59. The number of carbonyl (C=O) groups is 3. The first-order valence-corrected chi connectivity index (χ1v) is 19.7. The van der Waals surface area contributed by atoms with E-state index in [2.05, 4.69) is 90.1 Å². The summed E-state index contributed by atoms with van der Waals surface area (Å²) in [6.07, 6.45) is 2.55. The number of ketones is 1. The number of ether oxygens (including phenoxy) is 2. The van der Waals surface area contributed by atoms with Crippen LogP contribution in [0.5, 0.6) is 0 Å². The molecule has 292 valence electrons. The first-order valence-electron chi connectivity index (χ1n) is 19.7. The highest BCUT2D eigenvalue weighted by Gasteiger charge is 2.43.